The summed E-state index contributed by atoms with van der Waals surface area (Å²) in [5.41, 5.74) is 8.23. The lowest BCUT2D eigenvalue weighted by molar-refractivity contribution is 0.331. The number of nitrogens with zero attached hydrogens (tertiary/aromatic N) is 3. The fraction of sp³-hybridized carbons (Fsp3) is 0.786. The molecule has 0 aliphatic heterocycles. The molecule has 0 aromatic carbocycles. The van der Waals surface area contributed by atoms with Gasteiger partial charge in [-0.2, -0.15) is 5.10 Å². The molecule has 3 N–H and O–H groups in total. The molecule has 19 heavy (non-hydrogen) atoms. The lowest BCUT2D eigenvalue weighted by Gasteiger charge is -2.27. The average molecular weight is 263 g/mol. The summed E-state index contributed by atoms with van der Waals surface area (Å²) >= 11 is 0. The van der Waals surface area contributed by atoms with Crippen LogP contribution in [0.25, 0.3) is 0 Å². The number of rotatable bonds is 6. The Hall–Kier alpha value is -1.23. The van der Waals surface area contributed by atoms with Gasteiger partial charge in [0.25, 0.3) is 0 Å². The molecule has 1 aliphatic rings. The molecule has 1 aromatic heterocycles. The molecule has 1 fully saturated rings. The highest BCUT2D eigenvalue weighted by Crippen LogP contribution is 2.36. The van der Waals surface area contributed by atoms with Crippen LogP contribution in [0.5, 0.6) is 0 Å². The molecule has 0 unspecified atom stereocenters. The van der Waals surface area contributed by atoms with E-state index in [2.05, 4.69) is 34.3 Å². The van der Waals surface area contributed by atoms with Crippen molar-refractivity contribution in [2.24, 2.45) is 11.1 Å². The summed E-state index contributed by atoms with van der Waals surface area (Å²) in [5, 5.41) is 11.8. The third-order valence-corrected chi connectivity index (χ3v) is 4.23. The van der Waals surface area contributed by atoms with Crippen molar-refractivity contribution in [3.8, 4) is 0 Å². The lowest BCUT2D eigenvalue weighted by atomic mass is 9.86. The molecule has 5 heteroatoms. The first-order chi connectivity index (χ1) is 9.23. The maximum absolute atomic E-state index is 5.94. The second kappa shape index (κ2) is 6.28. The summed E-state index contributed by atoms with van der Waals surface area (Å²) in [6.07, 6.45) is 6.76. The highest BCUT2D eigenvalue weighted by atomic mass is 15.2. The maximum atomic E-state index is 5.94. The van der Waals surface area contributed by atoms with Gasteiger partial charge in [-0.05, 0) is 37.6 Å². The largest absolute Gasteiger partial charge is 0.352 e. The summed E-state index contributed by atoms with van der Waals surface area (Å²) in [4.78, 5) is 4.56. The van der Waals surface area contributed by atoms with E-state index >= 15 is 0 Å². The van der Waals surface area contributed by atoms with Gasteiger partial charge in [-0.25, -0.2) is 4.98 Å². The van der Waals surface area contributed by atoms with Crippen LogP contribution in [0, 0.1) is 5.41 Å². The van der Waals surface area contributed by atoms with E-state index in [0.29, 0.717) is 5.95 Å². The molecule has 0 spiro atoms. The molecule has 1 aromatic rings. The van der Waals surface area contributed by atoms with E-state index in [4.69, 9.17) is 5.73 Å². The van der Waals surface area contributed by atoms with Crippen LogP contribution in [0.1, 0.15) is 50.9 Å². The Bertz CT molecular complexity index is 412. The van der Waals surface area contributed by atoms with E-state index in [-0.39, 0.29) is 5.41 Å². The van der Waals surface area contributed by atoms with Crippen molar-refractivity contribution < 1.29 is 0 Å². The Morgan fingerprint density at radius 1 is 1.11 bits per heavy atom. The van der Waals surface area contributed by atoms with E-state index in [1.54, 1.807) is 0 Å². The van der Waals surface area contributed by atoms with Gasteiger partial charge in [-0.3, -0.25) is 0 Å². The van der Waals surface area contributed by atoms with E-state index in [9.17, 15) is 0 Å². The second-order valence-corrected chi connectivity index (χ2v) is 5.50. The van der Waals surface area contributed by atoms with Gasteiger partial charge in [0.15, 0.2) is 0 Å². The molecule has 2 rings (SSSR count). The maximum Gasteiger partial charge on any atom is 0.242 e. The molecule has 0 radical (unpaired) electrons. The Kier molecular flexibility index (Phi) is 4.69. The zero-order chi connectivity index (χ0) is 13.7. The molecular weight excluding hydrogens is 238 g/mol. The molecule has 0 atom stereocenters. The highest BCUT2D eigenvalue weighted by Gasteiger charge is 2.32. The summed E-state index contributed by atoms with van der Waals surface area (Å²) in [5.74, 6) is 0.647. The van der Waals surface area contributed by atoms with Crippen LogP contribution in [0.3, 0.4) is 0 Å². The highest BCUT2D eigenvalue weighted by molar-refractivity contribution is 5.26. The standard InChI is InChI=1S/C14H25N5/c1-3-11-12(4-2)18-19-13(17-11)16-10-14(9-15)7-5-6-8-14/h3-10,15H2,1-2H3,(H,16,17,19). The Balaban J connectivity index is 2.03. The zero-order valence-corrected chi connectivity index (χ0v) is 12.1. The van der Waals surface area contributed by atoms with Gasteiger partial charge < -0.3 is 11.1 Å². The minimum Gasteiger partial charge on any atom is -0.352 e. The number of nitrogens with two attached hydrogens (primary N) is 1. The van der Waals surface area contributed by atoms with Gasteiger partial charge in [0, 0.05) is 6.54 Å². The minimum atomic E-state index is 0.235. The molecule has 1 saturated carbocycles. The predicted octanol–water partition coefficient (Wildman–Crippen LogP) is 1.93. The number of hydrogen-bond donors (Lipinski definition) is 2. The van der Waals surface area contributed by atoms with Gasteiger partial charge >= 0.3 is 0 Å². The molecule has 1 aliphatic carbocycles. The molecule has 0 saturated heterocycles. The molecule has 1 heterocycles. The van der Waals surface area contributed by atoms with Crippen molar-refractivity contribution in [2.75, 3.05) is 18.4 Å². The fourth-order valence-electron chi connectivity index (χ4n) is 2.86. The number of anilines is 1. The van der Waals surface area contributed by atoms with Gasteiger partial charge in [0.05, 0.1) is 11.4 Å². The van der Waals surface area contributed by atoms with E-state index < -0.39 is 0 Å². The van der Waals surface area contributed by atoms with Gasteiger partial charge in [0.1, 0.15) is 0 Å². The van der Waals surface area contributed by atoms with Crippen LogP contribution in [-0.4, -0.2) is 28.3 Å². The molecular formula is C14H25N5. The van der Waals surface area contributed by atoms with Crippen LogP contribution in [-0.2, 0) is 12.8 Å². The van der Waals surface area contributed by atoms with Crippen molar-refractivity contribution in [2.45, 2.75) is 52.4 Å². The monoisotopic (exact) mass is 263 g/mol. The van der Waals surface area contributed by atoms with E-state index in [1.807, 2.05) is 0 Å². The van der Waals surface area contributed by atoms with Crippen molar-refractivity contribution >= 4 is 5.95 Å². The van der Waals surface area contributed by atoms with Crippen LogP contribution < -0.4 is 11.1 Å². The summed E-state index contributed by atoms with van der Waals surface area (Å²) < 4.78 is 0. The molecule has 5 nitrogen and oxygen atoms in total. The quantitative estimate of drug-likeness (QED) is 0.820. The van der Waals surface area contributed by atoms with Crippen molar-refractivity contribution in [3.63, 3.8) is 0 Å². The molecule has 0 bridgehead atoms. The normalized spacial score (nSPS) is 17.6. The van der Waals surface area contributed by atoms with Gasteiger partial charge in [-0.1, -0.05) is 26.7 Å². The topological polar surface area (TPSA) is 76.7 Å². The number of hydrogen-bond acceptors (Lipinski definition) is 5. The second-order valence-electron chi connectivity index (χ2n) is 5.50. The Labute approximate surface area is 115 Å². The summed E-state index contributed by atoms with van der Waals surface area (Å²) in [6.45, 7) is 5.78. The first-order valence-corrected chi connectivity index (χ1v) is 7.39. The SMILES string of the molecule is CCc1nnc(NCC2(CN)CCCC2)nc1CC. The summed E-state index contributed by atoms with van der Waals surface area (Å²) in [7, 11) is 0. The van der Waals surface area contributed by atoms with Gasteiger partial charge in [-0.15, -0.1) is 5.10 Å². The smallest absolute Gasteiger partial charge is 0.242 e. The summed E-state index contributed by atoms with van der Waals surface area (Å²) in [6, 6.07) is 0. The average Bonchev–Trinajstić information content (AvgIpc) is 2.94. The number of nitrogens with one attached hydrogen (secondary N) is 1. The molecule has 0 amide bonds. The Morgan fingerprint density at radius 3 is 2.37 bits per heavy atom. The van der Waals surface area contributed by atoms with Crippen LogP contribution in [0.2, 0.25) is 0 Å². The molecule has 106 valence electrons. The van der Waals surface area contributed by atoms with Gasteiger partial charge in [0.2, 0.25) is 5.95 Å². The van der Waals surface area contributed by atoms with Crippen molar-refractivity contribution in [1.82, 2.24) is 15.2 Å². The van der Waals surface area contributed by atoms with Crippen LogP contribution in [0.4, 0.5) is 5.95 Å². The Morgan fingerprint density at radius 2 is 1.79 bits per heavy atom. The minimum absolute atomic E-state index is 0.235. The zero-order valence-electron chi connectivity index (χ0n) is 12.1. The van der Waals surface area contributed by atoms with Crippen LogP contribution in [0.15, 0.2) is 0 Å². The van der Waals surface area contributed by atoms with Crippen molar-refractivity contribution in [1.29, 1.82) is 0 Å². The third kappa shape index (κ3) is 3.21. The lowest BCUT2D eigenvalue weighted by Crippen LogP contribution is -2.35. The number of aromatic nitrogens is 3. The number of aryl methyl sites for hydroxylation is 2. The first kappa shape index (κ1) is 14.2. The van der Waals surface area contributed by atoms with E-state index in [1.165, 1.54) is 25.7 Å². The fourth-order valence-corrected chi connectivity index (χ4v) is 2.86. The third-order valence-electron chi connectivity index (χ3n) is 4.23. The first-order valence-electron chi connectivity index (χ1n) is 7.39. The van der Waals surface area contributed by atoms with Crippen LogP contribution >= 0.6 is 0 Å². The van der Waals surface area contributed by atoms with E-state index in [0.717, 1.165) is 37.3 Å². The van der Waals surface area contributed by atoms with Crippen molar-refractivity contribution in [3.05, 3.63) is 11.4 Å². The predicted molar refractivity (Wildman–Crippen MR) is 77.0 cm³/mol.